The minimum absolute atomic E-state index is 0.0371. The molecule has 5 aromatic rings. The van der Waals surface area contributed by atoms with Crippen LogP contribution in [0.5, 0.6) is 17.2 Å². The number of carbonyl (C=O) groups excluding carboxylic acids is 4. The molecule has 24 heteroatoms. The SMILES string of the molecule is COC(=O)C(Cc1ccc(OCCCCC2CCN(C(=O)OC(C)(C)C)CC2)cc1)NS(=O)(=O)/C=C/c1ccccc1.COC(=O)C(N)Cc1ccc(OCCCCC2CCN(C(=O)OC(C)(C)C)CC2)cc1.O=C(O)C(Cc1ccc(OCCCCC2CCCCC2)cc1)NS(=O)(=O)/C=C/c1ccccc1. The maximum absolute atomic E-state index is 12.6. The zero-order valence-electron chi connectivity index (χ0n) is 64.0. The number of benzene rings is 5. The maximum Gasteiger partial charge on any atom is 0.410 e. The van der Waals surface area contributed by atoms with Crippen molar-refractivity contribution in [1.82, 2.24) is 19.2 Å². The number of rotatable bonds is 35. The number of amides is 2. The highest BCUT2D eigenvalue weighted by Crippen LogP contribution is 2.30. The van der Waals surface area contributed by atoms with Gasteiger partial charge < -0.3 is 53.8 Å². The molecule has 3 atom stereocenters. The van der Waals surface area contributed by atoms with Gasteiger partial charge in [-0.05, 0) is 219 Å². The Bertz CT molecular complexity index is 3730. The zero-order valence-corrected chi connectivity index (χ0v) is 65.7. The Morgan fingerprint density at radius 3 is 1.15 bits per heavy atom. The molecule has 2 aliphatic heterocycles. The Kier molecular flexibility index (Phi) is 37.3. The van der Waals surface area contributed by atoms with E-state index in [4.69, 9.17) is 34.2 Å². The average molecular weight is 1520 g/mol. The molecule has 3 aliphatic rings. The van der Waals surface area contributed by atoms with E-state index in [-0.39, 0.29) is 25.0 Å². The Labute approximate surface area is 635 Å². The zero-order chi connectivity index (χ0) is 77.7. The Morgan fingerprint density at radius 2 is 0.804 bits per heavy atom. The number of methoxy groups -OCH3 is 2. The van der Waals surface area contributed by atoms with Crippen molar-refractivity contribution in [1.29, 1.82) is 0 Å². The number of ether oxygens (including phenoxy) is 7. The average Bonchev–Trinajstić information content (AvgIpc) is 0.766. The number of aliphatic carboxylic acids is 1. The first-order valence-electron chi connectivity index (χ1n) is 37.8. The summed E-state index contributed by atoms with van der Waals surface area (Å²) >= 11 is 0. The number of unbranched alkanes of at least 4 members (excludes halogenated alkanes) is 3. The van der Waals surface area contributed by atoms with Crippen molar-refractivity contribution in [2.24, 2.45) is 23.5 Å². The molecule has 5 aromatic carbocycles. The largest absolute Gasteiger partial charge is 0.494 e. The standard InChI is InChI=1S/C32H44N2O7S.C27H35NO5S.C24H38N2O5/c1-32(2,3)41-31(36)34-20-17-26(18-21-34)12-8-9-22-40-28-15-13-27(14-16-28)24-29(30(35)39-4)33-42(37,38)23-19-25-10-6-5-7-11-25;29-27(30)26(28-34(31,32)20-18-23-11-5-2-6-12-23)21-24-14-16-25(17-15-24)33-19-8-7-13-22-9-3-1-4-10-22;1-24(2,3)31-23(28)26-14-12-18(13-15-26)7-5-6-16-30-20-10-8-19(9-11-20)17-21(25)22(27)29-4/h5-7,10-11,13-16,19,23,26,29,33H,8-9,12,17-18,20-22,24H2,1-4H3;2,5-6,11-12,14-18,20,22,26,28H,1,3-4,7-10,13,19,21H2,(H,29,30);8-11,18,21H,5-7,12-17,25H2,1-4H3/b23-19+;20-18+;. The van der Waals surface area contributed by atoms with Crippen LogP contribution in [0.1, 0.15) is 185 Å². The molecule has 8 rings (SSSR count). The van der Waals surface area contributed by atoms with Gasteiger partial charge >= 0.3 is 30.1 Å². The highest BCUT2D eigenvalue weighted by Gasteiger charge is 2.30. The summed E-state index contributed by atoms with van der Waals surface area (Å²) in [6.45, 7) is 16.3. The highest BCUT2D eigenvalue weighted by molar-refractivity contribution is 7.92. The van der Waals surface area contributed by atoms with Gasteiger partial charge in [0.2, 0.25) is 20.0 Å². The Balaban J connectivity index is 0.000000255. The van der Waals surface area contributed by atoms with Crippen molar-refractivity contribution >= 4 is 62.3 Å². The summed E-state index contributed by atoms with van der Waals surface area (Å²) in [5.41, 5.74) is 8.78. The van der Waals surface area contributed by atoms with Crippen molar-refractivity contribution < 1.29 is 79.1 Å². The van der Waals surface area contributed by atoms with Gasteiger partial charge in [0.25, 0.3) is 0 Å². The lowest BCUT2D eigenvalue weighted by atomic mass is 9.86. The number of sulfonamides is 2. The molecule has 3 fully saturated rings. The minimum atomic E-state index is -3.91. The van der Waals surface area contributed by atoms with E-state index in [0.717, 1.165) is 142 Å². The molecule has 3 unspecified atom stereocenters. The number of hydrogen-bond donors (Lipinski definition) is 4. The van der Waals surface area contributed by atoms with E-state index in [2.05, 4.69) is 14.2 Å². The number of carbonyl (C=O) groups is 5. The van der Waals surface area contributed by atoms with Gasteiger partial charge in [0.1, 0.15) is 46.6 Å². The smallest absolute Gasteiger partial charge is 0.410 e. The monoisotopic (exact) mass is 1520 g/mol. The second-order valence-corrected chi connectivity index (χ2v) is 32.9. The van der Waals surface area contributed by atoms with Crippen LogP contribution < -0.4 is 29.4 Å². The van der Waals surface area contributed by atoms with Gasteiger partial charge in [-0.3, -0.25) is 14.4 Å². The van der Waals surface area contributed by atoms with Gasteiger partial charge in [-0.1, -0.05) is 148 Å². The van der Waals surface area contributed by atoms with E-state index in [1.54, 1.807) is 65.6 Å². The Morgan fingerprint density at radius 1 is 0.467 bits per heavy atom. The van der Waals surface area contributed by atoms with Crippen LogP contribution in [0.2, 0.25) is 0 Å². The van der Waals surface area contributed by atoms with Gasteiger partial charge in [0.05, 0.1) is 34.0 Å². The normalized spacial score (nSPS) is 15.7. The molecule has 1 saturated carbocycles. The van der Waals surface area contributed by atoms with Crippen LogP contribution in [-0.2, 0) is 72.6 Å². The van der Waals surface area contributed by atoms with E-state index >= 15 is 0 Å². The van der Waals surface area contributed by atoms with Gasteiger partial charge in [-0.15, -0.1) is 0 Å². The quantitative estimate of drug-likeness (QED) is 0.0166. The summed E-state index contributed by atoms with van der Waals surface area (Å²) in [4.78, 5) is 63.4. The van der Waals surface area contributed by atoms with Crippen LogP contribution in [0.15, 0.2) is 144 Å². The van der Waals surface area contributed by atoms with E-state index in [1.165, 1.54) is 71.3 Å². The predicted octanol–water partition coefficient (Wildman–Crippen LogP) is 14.9. The second-order valence-electron chi connectivity index (χ2n) is 29.8. The third kappa shape index (κ3) is 36.0. The molecule has 22 nitrogen and oxygen atoms in total. The molecule has 2 amide bonds. The molecule has 0 spiro atoms. The lowest BCUT2D eigenvalue weighted by Crippen LogP contribution is -2.42. The number of nitrogens with one attached hydrogen (secondary N) is 2. The molecule has 588 valence electrons. The summed E-state index contributed by atoms with van der Waals surface area (Å²) in [6, 6.07) is 37.1. The van der Waals surface area contributed by atoms with E-state index in [9.17, 15) is 45.9 Å². The fourth-order valence-electron chi connectivity index (χ4n) is 12.7. The lowest BCUT2D eigenvalue weighted by molar-refractivity contribution is -0.143. The predicted molar refractivity (Wildman–Crippen MR) is 418 cm³/mol. The first-order valence-corrected chi connectivity index (χ1v) is 40.9. The number of hydrogen-bond acceptors (Lipinski definition) is 17. The van der Waals surface area contributed by atoms with Crippen LogP contribution in [0.25, 0.3) is 12.2 Å². The number of carboxylic acid groups (broad SMARTS) is 1. The molecule has 2 heterocycles. The number of nitrogens with two attached hydrogens (primary N) is 1. The van der Waals surface area contributed by atoms with E-state index in [1.807, 2.05) is 119 Å². The van der Waals surface area contributed by atoms with Gasteiger partial charge in [-0.2, -0.15) is 9.44 Å². The van der Waals surface area contributed by atoms with Crippen molar-refractivity contribution in [3.05, 3.63) is 172 Å². The molecular weight excluding hydrogens is 1400 g/mol. The van der Waals surface area contributed by atoms with Gasteiger partial charge in [0, 0.05) is 37.0 Å². The summed E-state index contributed by atoms with van der Waals surface area (Å²) < 4.78 is 92.5. The molecule has 107 heavy (non-hydrogen) atoms. The number of esters is 2. The number of carboxylic acids is 1. The molecule has 1 aliphatic carbocycles. The van der Waals surface area contributed by atoms with Crippen molar-refractivity contribution in [3.8, 4) is 17.2 Å². The number of piperidine rings is 2. The van der Waals surface area contributed by atoms with E-state index < -0.39 is 67.3 Å². The first-order chi connectivity index (χ1) is 51.0. The molecular formula is C83H117N5O17S2. The van der Waals surface area contributed by atoms with Crippen LogP contribution in [0.4, 0.5) is 9.59 Å². The molecule has 2 saturated heterocycles. The lowest BCUT2D eigenvalue weighted by Gasteiger charge is -2.33. The Hall–Kier alpha value is -8.29. The minimum Gasteiger partial charge on any atom is -0.494 e. The third-order valence-electron chi connectivity index (χ3n) is 18.6. The fraction of sp³-hybridized carbons (Fsp3) is 0.530. The van der Waals surface area contributed by atoms with E-state index in [0.29, 0.717) is 55.0 Å². The number of likely N-dealkylation sites (tertiary alicyclic amines) is 2. The molecule has 5 N–H and O–H groups in total. The third-order valence-corrected chi connectivity index (χ3v) is 20.8. The van der Waals surface area contributed by atoms with Crippen LogP contribution in [-0.4, -0.2) is 151 Å². The van der Waals surface area contributed by atoms with Crippen LogP contribution in [0.3, 0.4) is 0 Å². The highest BCUT2D eigenvalue weighted by atomic mass is 32.2. The van der Waals surface area contributed by atoms with Crippen molar-refractivity contribution in [2.45, 2.75) is 206 Å². The van der Waals surface area contributed by atoms with Crippen LogP contribution >= 0.6 is 0 Å². The van der Waals surface area contributed by atoms with Gasteiger partial charge in [-0.25, -0.2) is 26.4 Å². The summed E-state index contributed by atoms with van der Waals surface area (Å²) in [5, 5.41) is 11.6. The molecule has 0 radical (unpaired) electrons. The second kappa shape index (κ2) is 45.5. The summed E-state index contributed by atoms with van der Waals surface area (Å²) in [5.74, 6) is 2.13. The topological polar surface area (TPSA) is 295 Å². The van der Waals surface area contributed by atoms with Gasteiger partial charge in [0.15, 0.2) is 0 Å². The summed E-state index contributed by atoms with van der Waals surface area (Å²) in [7, 11) is -5.23. The number of nitrogens with zero attached hydrogens (tertiary/aromatic N) is 2. The first kappa shape index (κ1) is 87.6. The molecule has 0 bridgehead atoms. The molecule has 0 aromatic heterocycles. The van der Waals surface area contributed by atoms with Crippen LogP contribution in [0, 0.1) is 17.8 Å². The van der Waals surface area contributed by atoms with Crippen molar-refractivity contribution in [3.63, 3.8) is 0 Å². The van der Waals surface area contributed by atoms with Crippen molar-refractivity contribution in [2.75, 3.05) is 60.2 Å². The fourth-order valence-corrected chi connectivity index (χ4v) is 14.7. The maximum atomic E-state index is 12.6. The summed E-state index contributed by atoms with van der Waals surface area (Å²) in [6.07, 6.45) is 23.9.